The fourth-order valence-electron chi connectivity index (χ4n) is 1.73. The molecule has 0 bridgehead atoms. The molecule has 5 heteroatoms. The number of carboxylic acids is 1. The quantitative estimate of drug-likeness (QED) is 0.889. The van der Waals surface area contributed by atoms with Crippen molar-refractivity contribution in [3.63, 3.8) is 0 Å². The van der Waals surface area contributed by atoms with Crippen molar-refractivity contribution in [2.24, 2.45) is 0 Å². The molecule has 1 aromatic carbocycles. The summed E-state index contributed by atoms with van der Waals surface area (Å²) in [6, 6.07) is 7.48. The third-order valence-corrected chi connectivity index (χ3v) is 2.58. The van der Waals surface area contributed by atoms with Crippen LogP contribution in [-0.4, -0.2) is 16.1 Å². The van der Waals surface area contributed by atoms with Gasteiger partial charge in [-0.3, -0.25) is 0 Å². The molecule has 1 aromatic heterocycles. The van der Waals surface area contributed by atoms with Gasteiger partial charge in [0.1, 0.15) is 11.6 Å². The molecule has 1 heterocycles. The molecule has 0 aliphatic rings. The molecule has 2 N–H and O–H groups in total. The summed E-state index contributed by atoms with van der Waals surface area (Å²) < 4.78 is 13.6. The van der Waals surface area contributed by atoms with Crippen LogP contribution in [0.5, 0.6) is 0 Å². The van der Waals surface area contributed by atoms with E-state index in [1.807, 2.05) is 6.92 Å². The topological polar surface area (TPSA) is 62.2 Å². The first kappa shape index (κ1) is 13.0. The SMILES string of the molecule is Cc1ccc(F)c(Nc2cc(C(=O)O)cc(C)n2)c1. The Hall–Kier alpha value is -2.43. The number of nitrogens with one attached hydrogen (secondary N) is 1. The van der Waals surface area contributed by atoms with Crippen LogP contribution in [0.15, 0.2) is 30.3 Å². The number of benzene rings is 1. The van der Waals surface area contributed by atoms with Crippen molar-refractivity contribution in [1.29, 1.82) is 0 Å². The predicted octanol–water partition coefficient (Wildman–Crippen LogP) is 3.28. The highest BCUT2D eigenvalue weighted by atomic mass is 19.1. The summed E-state index contributed by atoms with van der Waals surface area (Å²) >= 11 is 0. The largest absolute Gasteiger partial charge is 0.478 e. The average Bonchev–Trinajstić information content (AvgIpc) is 2.33. The van der Waals surface area contributed by atoms with Gasteiger partial charge in [-0.15, -0.1) is 0 Å². The van der Waals surface area contributed by atoms with Crippen LogP contribution in [-0.2, 0) is 0 Å². The number of halogens is 1. The summed E-state index contributed by atoms with van der Waals surface area (Å²) in [5.41, 5.74) is 1.84. The summed E-state index contributed by atoms with van der Waals surface area (Å²) in [6.07, 6.45) is 0. The Bertz CT molecular complexity index is 641. The first-order valence-electron chi connectivity index (χ1n) is 5.71. The molecule has 0 saturated heterocycles. The van der Waals surface area contributed by atoms with Gasteiger partial charge in [-0.05, 0) is 43.7 Å². The Kier molecular flexibility index (Phi) is 3.46. The molecule has 19 heavy (non-hydrogen) atoms. The lowest BCUT2D eigenvalue weighted by atomic mass is 10.2. The minimum absolute atomic E-state index is 0.114. The van der Waals surface area contributed by atoms with Gasteiger partial charge in [-0.2, -0.15) is 0 Å². The second-order valence-electron chi connectivity index (χ2n) is 4.30. The fraction of sp³-hybridized carbons (Fsp3) is 0.143. The maximum absolute atomic E-state index is 13.6. The van der Waals surface area contributed by atoms with Crippen LogP contribution in [0.25, 0.3) is 0 Å². The molecule has 0 amide bonds. The standard InChI is InChI=1S/C14H13FN2O2/c1-8-3-4-11(15)12(5-8)17-13-7-10(14(18)19)6-9(2)16-13/h3-7H,1-2H3,(H,16,17)(H,18,19). The lowest BCUT2D eigenvalue weighted by molar-refractivity contribution is 0.0696. The molecule has 0 saturated carbocycles. The van der Waals surface area contributed by atoms with Crippen molar-refractivity contribution in [3.05, 3.63) is 53.0 Å². The van der Waals surface area contributed by atoms with Gasteiger partial charge in [0.05, 0.1) is 11.3 Å². The van der Waals surface area contributed by atoms with Crippen LogP contribution < -0.4 is 5.32 Å². The molecule has 2 aromatic rings. The molecule has 0 radical (unpaired) electrons. The highest BCUT2D eigenvalue weighted by Crippen LogP contribution is 2.21. The number of pyridine rings is 1. The van der Waals surface area contributed by atoms with Crippen molar-refractivity contribution < 1.29 is 14.3 Å². The number of hydrogen-bond acceptors (Lipinski definition) is 3. The number of rotatable bonds is 3. The van der Waals surface area contributed by atoms with Crippen LogP contribution >= 0.6 is 0 Å². The third-order valence-electron chi connectivity index (χ3n) is 2.58. The smallest absolute Gasteiger partial charge is 0.335 e. The maximum Gasteiger partial charge on any atom is 0.335 e. The van der Waals surface area contributed by atoms with Crippen molar-refractivity contribution >= 4 is 17.5 Å². The predicted molar refractivity (Wildman–Crippen MR) is 70.4 cm³/mol. The summed E-state index contributed by atoms with van der Waals surface area (Å²) in [4.78, 5) is 15.1. The molecular weight excluding hydrogens is 247 g/mol. The second-order valence-corrected chi connectivity index (χ2v) is 4.30. The fourth-order valence-corrected chi connectivity index (χ4v) is 1.73. The Morgan fingerprint density at radius 1 is 1.26 bits per heavy atom. The molecule has 4 nitrogen and oxygen atoms in total. The molecule has 0 spiro atoms. The molecule has 0 atom stereocenters. The zero-order chi connectivity index (χ0) is 14.0. The van der Waals surface area contributed by atoms with Crippen LogP contribution in [0.3, 0.4) is 0 Å². The van der Waals surface area contributed by atoms with Gasteiger partial charge in [0, 0.05) is 5.69 Å². The monoisotopic (exact) mass is 260 g/mol. The van der Waals surface area contributed by atoms with E-state index in [0.29, 0.717) is 11.5 Å². The number of carboxylic acid groups (broad SMARTS) is 1. The highest BCUT2D eigenvalue weighted by Gasteiger charge is 2.08. The summed E-state index contributed by atoms with van der Waals surface area (Å²) in [6.45, 7) is 3.53. The van der Waals surface area contributed by atoms with Crippen molar-refractivity contribution in [3.8, 4) is 0 Å². The number of hydrogen-bond donors (Lipinski definition) is 2. The van der Waals surface area contributed by atoms with Gasteiger partial charge in [0.15, 0.2) is 0 Å². The summed E-state index contributed by atoms with van der Waals surface area (Å²) in [5.74, 6) is -1.15. The number of carbonyl (C=O) groups is 1. The van der Waals surface area contributed by atoms with Crippen LogP contribution in [0.4, 0.5) is 15.9 Å². The zero-order valence-electron chi connectivity index (χ0n) is 10.6. The molecule has 0 unspecified atom stereocenters. The van der Waals surface area contributed by atoms with E-state index in [0.717, 1.165) is 5.56 Å². The van der Waals surface area contributed by atoms with Crippen LogP contribution in [0.1, 0.15) is 21.6 Å². The summed E-state index contributed by atoms with van der Waals surface area (Å²) in [5, 5.41) is 11.8. The van der Waals surface area contributed by atoms with Crippen LogP contribution in [0.2, 0.25) is 0 Å². The lowest BCUT2D eigenvalue weighted by Gasteiger charge is -2.09. The molecule has 0 aliphatic carbocycles. The van der Waals surface area contributed by atoms with E-state index in [2.05, 4.69) is 10.3 Å². The van der Waals surface area contributed by atoms with Crippen molar-refractivity contribution in [2.75, 3.05) is 5.32 Å². The Balaban J connectivity index is 2.38. The van der Waals surface area contributed by atoms with E-state index in [9.17, 15) is 9.18 Å². The maximum atomic E-state index is 13.6. The highest BCUT2D eigenvalue weighted by molar-refractivity contribution is 5.88. The van der Waals surface area contributed by atoms with Crippen LogP contribution in [0, 0.1) is 19.7 Å². The number of anilines is 2. The van der Waals surface area contributed by atoms with Gasteiger partial charge in [0.25, 0.3) is 0 Å². The zero-order valence-corrected chi connectivity index (χ0v) is 10.6. The Labute approximate surface area is 109 Å². The average molecular weight is 260 g/mol. The Morgan fingerprint density at radius 2 is 2.00 bits per heavy atom. The van der Waals surface area contributed by atoms with E-state index in [1.54, 1.807) is 19.1 Å². The first-order chi connectivity index (χ1) is 8.95. The lowest BCUT2D eigenvalue weighted by Crippen LogP contribution is -2.03. The molecular formula is C14H13FN2O2. The number of aromatic carboxylic acids is 1. The summed E-state index contributed by atoms with van der Waals surface area (Å²) in [7, 11) is 0. The van der Waals surface area contributed by atoms with Gasteiger partial charge < -0.3 is 10.4 Å². The van der Waals surface area contributed by atoms with Gasteiger partial charge in [-0.25, -0.2) is 14.2 Å². The molecule has 98 valence electrons. The molecule has 2 rings (SSSR count). The minimum Gasteiger partial charge on any atom is -0.478 e. The van der Waals surface area contributed by atoms with Gasteiger partial charge in [0.2, 0.25) is 0 Å². The van der Waals surface area contributed by atoms with E-state index in [-0.39, 0.29) is 11.3 Å². The first-order valence-corrected chi connectivity index (χ1v) is 5.71. The number of aryl methyl sites for hydroxylation is 2. The third kappa shape index (κ3) is 3.07. The number of aromatic nitrogens is 1. The van der Waals surface area contributed by atoms with E-state index in [1.165, 1.54) is 18.2 Å². The normalized spacial score (nSPS) is 10.3. The number of nitrogens with zero attached hydrogens (tertiary/aromatic N) is 1. The van der Waals surface area contributed by atoms with Gasteiger partial charge >= 0.3 is 5.97 Å². The molecule has 0 aliphatic heterocycles. The minimum atomic E-state index is -1.04. The second kappa shape index (κ2) is 5.06. The Morgan fingerprint density at radius 3 is 2.68 bits per heavy atom. The molecule has 0 fully saturated rings. The van der Waals surface area contributed by atoms with Gasteiger partial charge in [-0.1, -0.05) is 6.07 Å². The van der Waals surface area contributed by atoms with Crippen molar-refractivity contribution in [1.82, 2.24) is 4.98 Å². The van der Waals surface area contributed by atoms with E-state index < -0.39 is 11.8 Å². The van der Waals surface area contributed by atoms with E-state index >= 15 is 0 Å². The van der Waals surface area contributed by atoms with Crippen molar-refractivity contribution in [2.45, 2.75) is 13.8 Å². The van der Waals surface area contributed by atoms with E-state index in [4.69, 9.17) is 5.11 Å².